The Morgan fingerprint density at radius 1 is 1.29 bits per heavy atom. The van der Waals surface area contributed by atoms with Crippen LogP contribution < -0.4 is 10.3 Å². The fraction of sp³-hybridized carbons (Fsp3) is 0.300. The van der Waals surface area contributed by atoms with Crippen LogP contribution in [-0.2, 0) is 19.5 Å². The van der Waals surface area contributed by atoms with Crippen molar-refractivity contribution in [1.29, 1.82) is 0 Å². The molecule has 0 bridgehead atoms. The van der Waals surface area contributed by atoms with Crippen molar-refractivity contribution in [2.45, 2.75) is 26.4 Å². The molecule has 1 aromatic carbocycles. The fourth-order valence-electron chi connectivity index (χ4n) is 3.40. The van der Waals surface area contributed by atoms with Crippen LogP contribution in [0, 0.1) is 0 Å². The largest absolute Gasteiger partial charge is 0.504 e. The number of H-pyrrole nitrogens is 1. The van der Waals surface area contributed by atoms with Gasteiger partial charge in [0.05, 0.1) is 17.9 Å². The van der Waals surface area contributed by atoms with Gasteiger partial charge in [-0.25, -0.2) is 15.0 Å². The first kappa shape index (κ1) is 18.1. The van der Waals surface area contributed by atoms with Crippen LogP contribution in [0.2, 0.25) is 0 Å². The van der Waals surface area contributed by atoms with E-state index in [0.717, 1.165) is 11.3 Å². The van der Waals surface area contributed by atoms with Gasteiger partial charge in [0.15, 0.2) is 11.5 Å². The first-order chi connectivity index (χ1) is 13.7. The van der Waals surface area contributed by atoms with Crippen LogP contribution in [0.15, 0.2) is 41.7 Å². The number of nitrogens with zero attached hydrogens (tertiary/aromatic N) is 4. The minimum atomic E-state index is -0.121. The number of phenols is 1. The summed E-state index contributed by atoms with van der Waals surface area (Å²) in [6, 6.07) is 5.50. The van der Waals surface area contributed by atoms with E-state index < -0.39 is 0 Å². The summed E-state index contributed by atoms with van der Waals surface area (Å²) >= 11 is 0. The third-order valence-corrected chi connectivity index (χ3v) is 4.76. The standard InChI is InChI=1S/C20H21N5O3/c1-2-28-17-5-3-4-13(18(17)26)10-25-7-6-15-16(11-25)23-19(24-20(15)27)14-8-21-12-22-9-14/h3-5,8-9,12,26H,2,6-7,10-11H2,1H3,(H,23,24,27). The van der Waals surface area contributed by atoms with Gasteiger partial charge >= 0.3 is 0 Å². The number of para-hydroxylation sites is 1. The van der Waals surface area contributed by atoms with E-state index >= 15 is 0 Å². The van der Waals surface area contributed by atoms with E-state index in [1.165, 1.54) is 6.33 Å². The van der Waals surface area contributed by atoms with E-state index in [-0.39, 0.29) is 11.3 Å². The Kier molecular flexibility index (Phi) is 5.03. The van der Waals surface area contributed by atoms with Crippen molar-refractivity contribution in [3.63, 3.8) is 0 Å². The number of fused-ring (bicyclic) bond motifs is 1. The highest BCUT2D eigenvalue weighted by Gasteiger charge is 2.22. The van der Waals surface area contributed by atoms with E-state index in [4.69, 9.17) is 4.74 Å². The SMILES string of the molecule is CCOc1cccc(CN2CCc3c(nc(-c4cncnc4)[nH]c3=O)C2)c1O. The number of aromatic hydroxyl groups is 1. The highest BCUT2D eigenvalue weighted by Crippen LogP contribution is 2.31. The Bertz CT molecular complexity index is 1040. The first-order valence-electron chi connectivity index (χ1n) is 9.19. The third-order valence-electron chi connectivity index (χ3n) is 4.76. The molecule has 0 radical (unpaired) electrons. The Morgan fingerprint density at radius 2 is 2.11 bits per heavy atom. The highest BCUT2D eigenvalue weighted by molar-refractivity contribution is 5.52. The molecular weight excluding hydrogens is 358 g/mol. The summed E-state index contributed by atoms with van der Waals surface area (Å²) in [6.07, 6.45) is 5.28. The molecule has 144 valence electrons. The van der Waals surface area contributed by atoms with Crippen LogP contribution in [0.5, 0.6) is 11.5 Å². The van der Waals surface area contributed by atoms with Gasteiger partial charge < -0.3 is 14.8 Å². The van der Waals surface area contributed by atoms with Crippen LogP contribution >= 0.6 is 0 Å². The number of benzene rings is 1. The molecular formula is C20H21N5O3. The predicted octanol–water partition coefficient (Wildman–Crippen LogP) is 1.89. The Morgan fingerprint density at radius 3 is 2.89 bits per heavy atom. The lowest BCUT2D eigenvalue weighted by atomic mass is 10.0. The lowest BCUT2D eigenvalue weighted by Crippen LogP contribution is -2.35. The van der Waals surface area contributed by atoms with E-state index in [9.17, 15) is 9.90 Å². The van der Waals surface area contributed by atoms with Crippen LogP contribution in [-0.4, -0.2) is 43.1 Å². The molecule has 4 rings (SSSR count). The minimum absolute atomic E-state index is 0.121. The van der Waals surface area contributed by atoms with Gasteiger partial charge in [-0.2, -0.15) is 0 Å². The molecule has 8 nitrogen and oxygen atoms in total. The lowest BCUT2D eigenvalue weighted by Gasteiger charge is -2.28. The number of phenolic OH excluding ortho intramolecular Hbond substituents is 1. The van der Waals surface area contributed by atoms with Crippen LogP contribution in [0.25, 0.3) is 11.4 Å². The molecule has 3 aromatic rings. The van der Waals surface area contributed by atoms with Gasteiger partial charge in [0.1, 0.15) is 12.2 Å². The zero-order chi connectivity index (χ0) is 19.5. The maximum atomic E-state index is 12.5. The van der Waals surface area contributed by atoms with Crippen molar-refractivity contribution >= 4 is 0 Å². The zero-order valence-corrected chi connectivity index (χ0v) is 15.6. The summed E-state index contributed by atoms with van der Waals surface area (Å²) in [5, 5.41) is 10.4. The summed E-state index contributed by atoms with van der Waals surface area (Å²) in [7, 11) is 0. The van der Waals surface area contributed by atoms with Gasteiger partial charge in [-0.05, 0) is 19.4 Å². The van der Waals surface area contributed by atoms with Crippen LogP contribution in [0.3, 0.4) is 0 Å². The minimum Gasteiger partial charge on any atom is -0.504 e. The Hall–Kier alpha value is -3.26. The lowest BCUT2D eigenvalue weighted by molar-refractivity contribution is 0.235. The molecule has 1 aliphatic rings. The number of rotatable bonds is 5. The second-order valence-electron chi connectivity index (χ2n) is 6.62. The second kappa shape index (κ2) is 7.77. The molecule has 2 N–H and O–H groups in total. The molecule has 3 heterocycles. The molecule has 8 heteroatoms. The molecule has 0 saturated carbocycles. The van der Waals surface area contributed by atoms with Gasteiger partial charge in [-0.1, -0.05) is 12.1 Å². The smallest absolute Gasteiger partial charge is 0.254 e. The van der Waals surface area contributed by atoms with Gasteiger partial charge in [-0.15, -0.1) is 0 Å². The van der Waals surface area contributed by atoms with E-state index in [2.05, 4.69) is 24.8 Å². The topological polar surface area (TPSA) is 104 Å². The van der Waals surface area contributed by atoms with E-state index in [0.29, 0.717) is 55.4 Å². The molecule has 0 saturated heterocycles. The average Bonchev–Trinajstić information content (AvgIpc) is 2.71. The van der Waals surface area contributed by atoms with E-state index in [1.54, 1.807) is 18.5 Å². The number of nitrogens with one attached hydrogen (secondary N) is 1. The average molecular weight is 379 g/mol. The summed E-state index contributed by atoms with van der Waals surface area (Å²) in [6.45, 7) is 4.16. The van der Waals surface area contributed by atoms with Gasteiger partial charge in [0, 0.05) is 43.2 Å². The maximum Gasteiger partial charge on any atom is 0.254 e. The van der Waals surface area contributed by atoms with Gasteiger partial charge in [0.2, 0.25) is 0 Å². The van der Waals surface area contributed by atoms with E-state index in [1.807, 2.05) is 19.1 Å². The third kappa shape index (κ3) is 3.59. The van der Waals surface area contributed by atoms with Gasteiger partial charge in [0.25, 0.3) is 5.56 Å². The summed E-state index contributed by atoms with van der Waals surface area (Å²) in [4.78, 5) is 30.1. The molecule has 0 amide bonds. The number of hydrogen-bond acceptors (Lipinski definition) is 7. The molecule has 2 aromatic heterocycles. The van der Waals surface area contributed by atoms with Gasteiger partial charge in [-0.3, -0.25) is 9.69 Å². The predicted molar refractivity (Wildman–Crippen MR) is 103 cm³/mol. The van der Waals surface area contributed by atoms with Crippen molar-refractivity contribution in [2.24, 2.45) is 0 Å². The normalized spacial score (nSPS) is 13.9. The molecule has 1 aliphatic heterocycles. The zero-order valence-electron chi connectivity index (χ0n) is 15.6. The maximum absolute atomic E-state index is 12.5. The molecule has 28 heavy (non-hydrogen) atoms. The first-order valence-corrected chi connectivity index (χ1v) is 9.19. The quantitative estimate of drug-likeness (QED) is 0.697. The molecule has 0 spiro atoms. The van der Waals surface area contributed by atoms with Crippen molar-refractivity contribution < 1.29 is 9.84 Å². The second-order valence-corrected chi connectivity index (χ2v) is 6.62. The summed E-state index contributed by atoms with van der Waals surface area (Å²) in [5.41, 5.74) is 2.79. The van der Waals surface area contributed by atoms with Crippen molar-refractivity contribution in [2.75, 3.05) is 13.2 Å². The number of aromatic amines is 1. The van der Waals surface area contributed by atoms with Crippen molar-refractivity contribution in [3.05, 3.63) is 64.1 Å². The van der Waals surface area contributed by atoms with Crippen molar-refractivity contribution in [1.82, 2.24) is 24.8 Å². The number of hydrogen-bond donors (Lipinski definition) is 2. The number of ether oxygens (including phenoxy) is 1. The Balaban J connectivity index is 1.59. The summed E-state index contributed by atoms with van der Waals surface area (Å²) in [5.74, 6) is 1.11. The van der Waals surface area contributed by atoms with Crippen LogP contribution in [0.1, 0.15) is 23.7 Å². The number of aromatic nitrogens is 4. The fourth-order valence-corrected chi connectivity index (χ4v) is 3.40. The monoisotopic (exact) mass is 379 g/mol. The molecule has 0 fully saturated rings. The molecule has 0 aliphatic carbocycles. The van der Waals surface area contributed by atoms with Crippen molar-refractivity contribution in [3.8, 4) is 22.9 Å². The molecule has 0 atom stereocenters. The summed E-state index contributed by atoms with van der Waals surface area (Å²) < 4.78 is 5.47. The Labute approximate surface area is 161 Å². The highest BCUT2D eigenvalue weighted by atomic mass is 16.5. The van der Waals surface area contributed by atoms with Crippen LogP contribution in [0.4, 0.5) is 0 Å². The molecule has 0 unspecified atom stereocenters.